The van der Waals surface area contributed by atoms with Gasteiger partial charge >= 0.3 is 5.69 Å². The molecule has 0 amide bonds. The lowest BCUT2D eigenvalue weighted by Gasteiger charge is -2.13. The Morgan fingerprint density at radius 1 is 1.42 bits per heavy atom. The number of aliphatic hydroxyl groups is 1. The molecule has 1 aromatic carbocycles. The summed E-state index contributed by atoms with van der Waals surface area (Å²) in [6, 6.07) is 5.35. The summed E-state index contributed by atoms with van der Waals surface area (Å²) in [4.78, 5) is 16.6. The minimum Gasteiger partial charge on any atom is -0.489 e. The number of imidazole rings is 1. The number of hydrogen-bond donors (Lipinski definition) is 4. The van der Waals surface area contributed by atoms with Gasteiger partial charge in [-0.05, 0) is 25.1 Å². The highest BCUT2D eigenvalue weighted by Crippen LogP contribution is 2.20. The van der Waals surface area contributed by atoms with Gasteiger partial charge in [0.25, 0.3) is 0 Å². The van der Waals surface area contributed by atoms with Gasteiger partial charge in [0, 0.05) is 6.54 Å². The maximum atomic E-state index is 11.2. The number of rotatable bonds is 7. The topological polar surface area (TPSA) is 90.1 Å². The van der Waals surface area contributed by atoms with E-state index in [0.717, 1.165) is 13.0 Å². The van der Waals surface area contributed by atoms with Gasteiger partial charge < -0.3 is 25.1 Å². The Morgan fingerprint density at radius 3 is 3.05 bits per heavy atom. The second kappa shape index (κ2) is 6.40. The zero-order valence-electron chi connectivity index (χ0n) is 10.9. The summed E-state index contributed by atoms with van der Waals surface area (Å²) in [6.45, 7) is 3.62. The maximum absolute atomic E-state index is 11.2. The van der Waals surface area contributed by atoms with Crippen LogP contribution in [-0.4, -0.2) is 40.9 Å². The van der Waals surface area contributed by atoms with Gasteiger partial charge in [0.05, 0.1) is 5.52 Å². The van der Waals surface area contributed by atoms with Crippen molar-refractivity contribution in [3.05, 3.63) is 28.7 Å². The van der Waals surface area contributed by atoms with E-state index >= 15 is 0 Å². The zero-order valence-corrected chi connectivity index (χ0v) is 10.9. The minimum atomic E-state index is -0.576. The van der Waals surface area contributed by atoms with Crippen LogP contribution < -0.4 is 15.7 Å². The average molecular weight is 265 g/mol. The quantitative estimate of drug-likeness (QED) is 0.552. The van der Waals surface area contributed by atoms with Crippen LogP contribution in [-0.2, 0) is 0 Å². The van der Waals surface area contributed by atoms with Crippen molar-refractivity contribution in [2.24, 2.45) is 0 Å². The third-order valence-electron chi connectivity index (χ3n) is 2.75. The first-order valence-corrected chi connectivity index (χ1v) is 6.43. The molecule has 0 aliphatic rings. The van der Waals surface area contributed by atoms with E-state index in [9.17, 15) is 9.90 Å². The number of fused-ring (bicyclic) bond motifs is 1. The number of ether oxygens (including phenoxy) is 1. The van der Waals surface area contributed by atoms with Crippen LogP contribution in [0, 0.1) is 0 Å². The van der Waals surface area contributed by atoms with Gasteiger partial charge in [0.1, 0.15) is 24.0 Å². The van der Waals surface area contributed by atoms with Crippen LogP contribution >= 0.6 is 0 Å². The first-order valence-electron chi connectivity index (χ1n) is 6.43. The second-order valence-electron chi connectivity index (χ2n) is 4.43. The Kier molecular flexibility index (Phi) is 4.59. The molecule has 0 radical (unpaired) electrons. The maximum Gasteiger partial charge on any atom is 0.323 e. The van der Waals surface area contributed by atoms with E-state index in [4.69, 9.17) is 4.74 Å². The molecule has 2 rings (SSSR count). The van der Waals surface area contributed by atoms with Gasteiger partial charge in [-0.25, -0.2) is 4.79 Å². The molecule has 104 valence electrons. The van der Waals surface area contributed by atoms with Crippen molar-refractivity contribution in [2.45, 2.75) is 19.4 Å². The number of nitrogens with one attached hydrogen (secondary N) is 3. The largest absolute Gasteiger partial charge is 0.489 e. The molecule has 0 saturated heterocycles. The Morgan fingerprint density at radius 2 is 2.26 bits per heavy atom. The van der Waals surface area contributed by atoms with Gasteiger partial charge in [0.15, 0.2) is 0 Å². The molecule has 0 saturated carbocycles. The smallest absolute Gasteiger partial charge is 0.323 e. The van der Waals surface area contributed by atoms with Crippen LogP contribution in [0.25, 0.3) is 11.0 Å². The predicted octanol–water partition coefficient (Wildman–Crippen LogP) is 0.595. The van der Waals surface area contributed by atoms with Crippen molar-refractivity contribution >= 4 is 11.0 Å². The van der Waals surface area contributed by atoms with Crippen molar-refractivity contribution < 1.29 is 9.84 Å². The Hall–Kier alpha value is -1.79. The average Bonchev–Trinajstić information content (AvgIpc) is 2.77. The molecule has 19 heavy (non-hydrogen) atoms. The number of para-hydroxylation sites is 1. The first kappa shape index (κ1) is 13.6. The molecule has 6 heteroatoms. The van der Waals surface area contributed by atoms with Crippen LogP contribution in [0.5, 0.6) is 5.75 Å². The molecule has 1 atom stereocenters. The molecule has 0 aliphatic carbocycles. The van der Waals surface area contributed by atoms with E-state index in [1.807, 2.05) is 0 Å². The fraction of sp³-hybridized carbons (Fsp3) is 0.462. The Balaban J connectivity index is 1.96. The van der Waals surface area contributed by atoms with Gasteiger partial charge in [-0.15, -0.1) is 0 Å². The van der Waals surface area contributed by atoms with Crippen molar-refractivity contribution in [3.63, 3.8) is 0 Å². The van der Waals surface area contributed by atoms with E-state index in [2.05, 4.69) is 22.2 Å². The van der Waals surface area contributed by atoms with Gasteiger partial charge in [-0.3, -0.25) is 0 Å². The number of benzene rings is 1. The van der Waals surface area contributed by atoms with Gasteiger partial charge in [-0.2, -0.15) is 0 Å². The summed E-state index contributed by atoms with van der Waals surface area (Å²) in [5.41, 5.74) is 1.05. The van der Waals surface area contributed by atoms with Crippen molar-refractivity contribution in [2.75, 3.05) is 19.7 Å². The van der Waals surface area contributed by atoms with Crippen molar-refractivity contribution in [3.8, 4) is 5.75 Å². The van der Waals surface area contributed by atoms with E-state index in [-0.39, 0.29) is 12.3 Å². The number of H-pyrrole nitrogens is 2. The summed E-state index contributed by atoms with van der Waals surface area (Å²) >= 11 is 0. The molecule has 1 heterocycles. The van der Waals surface area contributed by atoms with Crippen molar-refractivity contribution in [1.29, 1.82) is 0 Å². The Bertz CT molecular complexity index is 576. The summed E-state index contributed by atoms with van der Waals surface area (Å²) in [7, 11) is 0. The van der Waals surface area contributed by atoms with Gasteiger partial charge in [0.2, 0.25) is 0 Å². The molecule has 6 nitrogen and oxygen atoms in total. The lowest BCUT2D eigenvalue weighted by molar-refractivity contribution is 0.107. The predicted molar refractivity (Wildman–Crippen MR) is 73.6 cm³/mol. The normalized spacial score (nSPS) is 12.7. The highest BCUT2D eigenvalue weighted by molar-refractivity contribution is 5.80. The van der Waals surface area contributed by atoms with Gasteiger partial charge in [-0.1, -0.05) is 13.0 Å². The lowest BCUT2D eigenvalue weighted by atomic mass is 10.3. The number of aromatic amines is 2. The highest BCUT2D eigenvalue weighted by Gasteiger charge is 2.08. The molecule has 1 aromatic heterocycles. The highest BCUT2D eigenvalue weighted by atomic mass is 16.5. The lowest BCUT2D eigenvalue weighted by Crippen LogP contribution is -2.31. The summed E-state index contributed by atoms with van der Waals surface area (Å²) in [5, 5.41) is 12.9. The van der Waals surface area contributed by atoms with E-state index < -0.39 is 6.10 Å². The number of aliphatic hydroxyl groups excluding tert-OH is 1. The van der Waals surface area contributed by atoms with E-state index in [1.165, 1.54) is 0 Å². The monoisotopic (exact) mass is 265 g/mol. The molecular formula is C13H19N3O3. The summed E-state index contributed by atoms with van der Waals surface area (Å²) in [5.74, 6) is 0.561. The van der Waals surface area contributed by atoms with Crippen LogP contribution in [0.1, 0.15) is 13.3 Å². The molecule has 0 fully saturated rings. The molecule has 0 aliphatic heterocycles. The third-order valence-corrected chi connectivity index (χ3v) is 2.75. The molecule has 2 aromatic rings. The minimum absolute atomic E-state index is 0.184. The molecular weight excluding hydrogens is 246 g/mol. The first-order chi connectivity index (χ1) is 9.20. The van der Waals surface area contributed by atoms with Crippen LogP contribution in [0.3, 0.4) is 0 Å². The molecule has 4 N–H and O–H groups in total. The summed E-state index contributed by atoms with van der Waals surface area (Å²) < 4.78 is 5.54. The van der Waals surface area contributed by atoms with Crippen molar-refractivity contribution in [1.82, 2.24) is 15.3 Å². The van der Waals surface area contributed by atoms with Crippen LogP contribution in [0.15, 0.2) is 23.0 Å². The van der Waals surface area contributed by atoms with E-state index in [0.29, 0.717) is 23.3 Å². The molecule has 0 bridgehead atoms. The number of aromatic nitrogens is 2. The molecule has 1 unspecified atom stereocenters. The molecule has 0 spiro atoms. The second-order valence-corrected chi connectivity index (χ2v) is 4.43. The SMILES string of the molecule is CCCNCC(O)COc1cccc2[nH]c(=O)[nH]c12. The van der Waals surface area contributed by atoms with E-state index in [1.54, 1.807) is 18.2 Å². The zero-order chi connectivity index (χ0) is 13.7. The summed E-state index contributed by atoms with van der Waals surface area (Å²) in [6.07, 6.45) is 0.449. The van der Waals surface area contributed by atoms with Crippen LogP contribution in [0.4, 0.5) is 0 Å². The van der Waals surface area contributed by atoms with Crippen LogP contribution in [0.2, 0.25) is 0 Å². The Labute approximate surface area is 110 Å². The fourth-order valence-corrected chi connectivity index (χ4v) is 1.84. The number of hydrogen-bond acceptors (Lipinski definition) is 4. The third kappa shape index (κ3) is 3.59. The fourth-order valence-electron chi connectivity index (χ4n) is 1.84. The standard InChI is InChI=1S/C13H19N3O3/c1-2-6-14-7-9(17)8-19-11-5-3-4-10-12(11)16-13(18)15-10/h3-5,9,14,17H,2,6-8H2,1H3,(H2,15,16,18).